The van der Waals surface area contributed by atoms with Crippen molar-refractivity contribution in [3.05, 3.63) is 80.3 Å². The van der Waals surface area contributed by atoms with Gasteiger partial charge in [-0.2, -0.15) is 0 Å². The SMILES string of the molecule is CCOC(=O)C1=CN(Cc2ccc(Cl)cc2)C=C(C(=O)OCC)C1c1ccc(C)s1. The molecule has 7 heteroatoms. The second-order valence-corrected chi connectivity index (χ2v) is 8.55. The van der Waals surface area contributed by atoms with Crippen molar-refractivity contribution in [2.24, 2.45) is 0 Å². The molecular formula is C23H24ClNO4S. The molecule has 0 unspecified atom stereocenters. The van der Waals surface area contributed by atoms with Gasteiger partial charge in [0.05, 0.1) is 30.3 Å². The van der Waals surface area contributed by atoms with E-state index < -0.39 is 17.9 Å². The van der Waals surface area contributed by atoms with Crippen LogP contribution in [0.25, 0.3) is 0 Å². The number of ether oxygens (including phenoxy) is 2. The Kier molecular flexibility index (Phi) is 7.34. The van der Waals surface area contributed by atoms with Crippen LogP contribution < -0.4 is 0 Å². The molecule has 1 aromatic heterocycles. The number of hydrogen-bond donors (Lipinski definition) is 0. The maximum absolute atomic E-state index is 12.8. The highest BCUT2D eigenvalue weighted by Crippen LogP contribution is 2.40. The lowest BCUT2D eigenvalue weighted by Crippen LogP contribution is -2.29. The van der Waals surface area contributed by atoms with Crippen molar-refractivity contribution in [1.82, 2.24) is 4.90 Å². The number of carbonyl (C=O) groups excluding carboxylic acids is 2. The van der Waals surface area contributed by atoms with E-state index in [4.69, 9.17) is 21.1 Å². The second-order valence-electron chi connectivity index (χ2n) is 6.79. The molecule has 5 nitrogen and oxygen atoms in total. The van der Waals surface area contributed by atoms with E-state index in [1.807, 2.05) is 48.2 Å². The molecular weight excluding hydrogens is 422 g/mol. The van der Waals surface area contributed by atoms with Gasteiger partial charge in [0, 0.05) is 33.7 Å². The van der Waals surface area contributed by atoms with E-state index in [1.165, 1.54) is 0 Å². The average molecular weight is 446 g/mol. The zero-order valence-corrected chi connectivity index (χ0v) is 18.8. The minimum atomic E-state index is -0.525. The molecule has 0 fully saturated rings. The Morgan fingerprint density at radius 1 is 0.967 bits per heavy atom. The van der Waals surface area contributed by atoms with E-state index in [0.717, 1.165) is 15.3 Å². The first-order valence-corrected chi connectivity index (χ1v) is 11.0. The first-order chi connectivity index (χ1) is 14.4. The van der Waals surface area contributed by atoms with Crippen LogP contribution in [0, 0.1) is 6.92 Å². The maximum Gasteiger partial charge on any atom is 0.336 e. The summed E-state index contributed by atoms with van der Waals surface area (Å²) in [4.78, 5) is 29.5. The summed E-state index contributed by atoms with van der Waals surface area (Å²) >= 11 is 7.53. The van der Waals surface area contributed by atoms with Gasteiger partial charge in [0.1, 0.15) is 0 Å². The smallest absolute Gasteiger partial charge is 0.336 e. The van der Waals surface area contributed by atoms with Gasteiger partial charge < -0.3 is 14.4 Å². The van der Waals surface area contributed by atoms with Gasteiger partial charge in [-0.15, -0.1) is 11.3 Å². The van der Waals surface area contributed by atoms with Crippen LogP contribution in [-0.4, -0.2) is 30.1 Å². The molecule has 0 saturated heterocycles. The Morgan fingerprint density at radius 2 is 1.53 bits per heavy atom. The van der Waals surface area contributed by atoms with Crippen LogP contribution in [-0.2, 0) is 25.6 Å². The summed E-state index contributed by atoms with van der Waals surface area (Å²) in [5, 5.41) is 0.649. The van der Waals surface area contributed by atoms with Crippen LogP contribution >= 0.6 is 22.9 Å². The van der Waals surface area contributed by atoms with Crippen LogP contribution in [0.4, 0.5) is 0 Å². The Morgan fingerprint density at radius 3 is 2.00 bits per heavy atom. The summed E-state index contributed by atoms with van der Waals surface area (Å²) in [5.74, 6) is -1.41. The van der Waals surface area contributed by atoms with Crippen molar-refractivity contribution < 1.29 is 19.1 Å². The van der Waals surface area contributed by atoms with Crippen molar-refractivity contribution in [3.63, 3.8) is 0 Å². The van der Waals surface area contributed by atoms with Crippen molar-refractivity contribution in [3.8, 4) is 0 Å². The number of benzene rings is 1. The lowest BCUT2D eigenvalue weighted by molar-refractivity contribution is -0.139. The van der Waals surface area contributed by atoms with Crippen LogP contribution in [0.1, 0.15) is 35.1 Å². The average Bonchev–Trinajstić information content (AvgIpc) is 3.15. The molecule has 0 aliphatic carbocycles. The molecule has 0 spiro atoms. The van der Waals surface area contributed by atoms with Gasteiger partial charge in [-0.05, 0) is 50.6 Å². The molecule has 30 heavy (non-hydrogen) atoms. The summed E-state index contributed by atoms with van der Waals surface area (Å²) in [7, 11) is 0. The van der Waals surface area contributed by atoms with E-state index in [2.05, 4.69) is 0 Å². The molecule has 3 rings (SSSR count). The minimum absolute atomic E-state index is 0.252. The number of halogens is 1. The van der Waals surface area contributed by atoms with E-state index in [9.17, 15) is 9.59 Å². The minimum Gasteiger partial charge on any atom is -0.463 e. The first kappa shape index (κ1) is 22.1. The van der Waals surface area contributed by atoms with E-state index in [0.29, 0.717) is 22.7 Å². The number of rotatable bonds is 7. The molecule has 158 valence electrons. The summed E-state index contributed by atoms with van der Waals surface area (Å²) in [6.07, 6.45) is 3.52. The molecule has 0 atom stereocenters. The van der Waals surface area contributed by atoms with Crippen molar-refractivity contribution >= 4 is 34.9 Å². The van der Waals surface area contributed by atoms with Gasteiger partial charge in [0.25, 0.3) is 0 Å². The normalized spacial score (nSPS) is 14.2. The van der Waals surface area contributed by atoms with Crippen LogP contribution in [0.2, 0.25) is 5.02 Å². The highest BCUT2D eigenvalue weighted by molar-refractivity contribution is 7.12. The van der Waals surface area contributed by atoms with E-state index in [-0.39, 0.29) is 13.2 Å². The Hall–Kier alpha value is -2.57. The van der Waals surface area contributed by atoms with Gasteiger partial charge in [-0.25, -0.2) is 9.59 Å². The number of aryl methyl sites for hydroxylation is 1. The molecule has 2 aromatic rings. The molecule has 1 aromatic carbocycles. The standard InChI is InChI=1S/C23H24ClNO4S/c1-4-28-22(26)18-13-25(12-16-7-9-17(24)10-8-16)14-19(23(27)29-5-2)21(18)20-11-6-15(3)30-20/h6-11,13-14,21H,4-5,12H2,1-3H3. The molecule has 0 saturated carbocycles. The van der Waals surface area contributed by atoms with Crippen molar-refractivity contribution in [2.45, 2.75) is 33.2 Å². The van der Waals surface area contributed by atoms with Gasteiger partial charge in [0.15, 0.2) is 0 Å². The number of hydrogen-bond acceptors (Lipinski definition) is 6. The lowest BCUT2D eigenvalue weighted by Gasteiger charge is -2.29. The fourth-order valence-corrected chi connectivity index (χ4v) is 4.43. The summed E-state index contributed by atoms with van der Waals surface area (Å²) in [6.45, 7) is 6.49. The summed E-state index contributed by atoms with van der Waals surface area (Å²) in [6, 6.07) is 11.4. The summed E-state index contributed by atoms with van der Waals surface area (Å²) < 4.78 is 10.6. The zero-order chi connectivity index (χ0) is 21.7. The number of carbonyl (C=O) groups is 2. The highest BCUT2D eigenvalue weighted by atomic mass is 35.5. The Bertz CT molecular complexity index is 941. The van der Waals surface area contributed by atoms with Gasteiger partial charge >= 0.3 is 11.9 Å². The number of thiophene rings is 1. The largest absolute Gasteiger partial charge is 0.463 e. The second kappa shape index (κ2) is 9.96. The Labute approximate surface area is 185 Å². The third kappa shape index (κ3) is 5.12. The fourth-order valence-electron chi connectivity index (χ4n) is 3.29. The van der Waals surface area contributed by atoms with Crippen LogP contribution in [0.3, 0.4) is 0 Å². The monoisotopic (exact) mass is 445 g/mol. The molecule has 0 bridgehead atoms. The fraction of sp³-hybridized carbons (Fsp3) is 0.304. The topological polar surface area (TPSA) is 55.8 Å². The molecule has 1 aliphatic heterocycles. The van der Waals surface area contributed by atoms with E-state index in [1.54, 1.807) is 37.6 Å². The predicted octanol–water partition coefficient (Wildman–Crippen LogP) is 5.20. The summed E-state index contributed by atoms with van der Waals surface area (Å²) in [5.41, 5.74) is 1.82. The Balaban J connectivity index is 2.04. The molecule has 0 radical (unpaired) electrons. The molecule has 1 aliphatic rings. The zero-order valence-electron chi connectivity index (χ0n) is 17.2. The third-order valence-electron chi connectivity index (χ3n) is 4.58. The quantitative estimate of drug-likeness (QED) is 0.548. The predicted molar refractivity (Wildman–Crippen MR) is 118 cm³/mol. The molecule has 0 amide bonds. The first-order valence-electron chi connectivity index (χ1n) is 9.77. The van der Waals surface area contributed by atoms with Crippen molar-refractivity contribution in [2.75, 3.05) is 13.2 Å². The van der Waals surface area contributed by atoms with Gasteiger partial charge in [-0.1, -0.05) is 23.7 Å². The van der Waals surface area contributed by atoms with Crippen molar-refractivity contribution in [1.29, 1.82) is 0 Å². The maximum atomic E-state index is 12.8. The van der Waals surface area contributed by atoms with Crippen LogP contribution in [0.5, 0.6) is 0 Å². The van der Waals surface area contributed by atoms with Gasteiger partial charge in [-0.3, -0.25) is 0 Å². The molecule has 2 heterocycles. The van der Waals surface area contributed by atoms with Gasteiger partial charge in [0.2, 0.25) is 0 Å². The lowest BCUT2D eigenvalue weighted by atomic mass is 9.87. The van der Waals surface area contributed by atoms with E-state index >= 15 is 0 Å². The van der Waals surface area contributed by atoms with Crippen LogP contribution in [0.15, 0.2) is 59.9 Å². The third-order valence-corrected chi connectivity index (χ3v) is 5.90. The number of esters is 2. The molecule has 0 N–H and O–H groups in total. The highest BCUT2D eigenvalue weighted by Gasteiger charge is 2.36. The number of nitrogens with zero attached hydrogens (tertiary/aromatic N) is 1.